The number of anilines is 2. The van der Waals surface area contributed by atoms with Gasteiger partial charge in [-0.1, -0.05) is 11.6 Å². The quantitative estimate of drug-likeness (QED) is 0.821. The van der Waals surface area contributed by atoms with E-state index in [1.165, 1.54) is 0 Å². The van der Waals surface area contributed by atoms with Crippen molar-refractivity contribution in [2.75, 3.05) is 51.0 Å². The molecule has 0 amide bonds. The highest BCUT2D eigenvalue weighted by molar-refractivity contribution is 6.32. The summed E-state index contributed by atoms with van der Waals surface area (Å²) < 4.78 is 0. The first-order chi connectivity index (χ1) is 8.54. The van der Waals surface area contributed by atoms with Crippen LogP contribution in [0.3, 0.4) is 0 Å². The van der Waals surface area contributed by atoms with E-state index in [4.69, 9.17) is 11.6 Å². The predicted molar refractivity (Wildman–Crippen MR) is 77.6 cm³/mol. The van der Waals surface area contributed by atoms with Gasteiger partial charge in [0.25, 0.3) is 0 Å². The molecule has 1 rings (SSSR count). The first-order valence-electron chi connectivity index (χ1n) is 6.17. The van der Waals surface area contributed by atoms with E-state index in [1.54, 1.807) is 6.20 Å². The van der Waals surface area contributed by atoms with Crippen LogP contribution in [-0.2, 0) is 0 Å². The van der Waals surface area contributed by atoms with Crippen LogP contribution >= 0.6 is 11.6 Å². The normalized spacial score (nSPS) is 10.8. The maximum atomic E-state index is 6.13. The molecule has 1 aromatic rings. The Kier molecular flexibility index (Phi) is 6.15. The molecule has 0 spiro atoms. The second-order valence-electron chi connectivity index (χ2n) is 4.47. The van der Waals surface area contributed by atoms with Gasteiger partial charge in [-0.15, -0.1) is 0 Å². The minimum absolute atomic E-state index is 0.587. The van der Waals surface area contributed by atoms with Crippen LogP contribution in [0.5, 0.6) is 0 Å². The average Bonchev–Trinajstić information content (AvgIpc) is 2.31. The SMILES string of the molecule is CCNc1ncc(Cl)c(N(C)CCCN(C)C)n1. The number of hydrogen-bond donors (Lipinski definition) is 1. The molecule has 0 atom stereocenters. The van der Waals surface area contributed by atoms with Crippen molar-refractivity contribution in [3.05, 3.63) is 11.2 Å². The fraction of sp³-hybridized carbons (Fsp3) is 0.667. The Morgan fingerprint density at radius 2 is 2.00 bits per heavy atom. The third-order valence-electron chi connectivity index (χ3n) is 2.52. The van der Waals surface area contributed by atoms with Gasteiger partial charge in [-0.3, -0.25) is 0 Å². The van der Waals surface area contributed by atoms with Crippen LogP contribution in [0.15, 0.2) is 6.20 Å². The number of rotatable bonds is 7. The first kappa shape index (κ1) is 15.0. The van der Waals surface area contributed by atoms with Crippen molar-refractivity contribution in [3.8, 4) is 0 Å². The lowest BCUT2D eigenvalue weighted by molar-refractivity contribution is 0.401. The van der Waals surface area contributed by atoms with Gasteiger partial charge >= 0.3 is 0 Å². The van der Waals surface area contributed by atoms with Crippen LogP contribution in [0.2, 0.25) is 5.02 Å². The number of hydrogen-bond acceptors (Lipinski definition) is 5. The minimum Gasteiger partial charge on any atom is -0.358 e. The van der Waals surface area contributed by atoms with E-state index in [0.717, 1.165) is 31.9 Å². The molecule has 18 heavy (non-hydrogen) atoms. The van der Waals surface area contributed by atoms with E-state index in [0.29, 0.717) is 11.0 Å². The highest BCUT2D eigenvalue weighted by Gasteiger charge is 2.09. The predicted octanol–water partition coefficient (Wildman–Crippen LogP) is 1.95. The van der Waals surface area contributed by atoms with Crippen molar-refractivity contribution in [1.29, 1.82) is 0 Å². The zero-order valence-corrected chi connectivity index (χ0v) is 12.3. The van der Waals surface area contributed by atoms with E-state index in [1.807, 2.05) is 14.0 Å². The summed E-state index contributed by atoms with van der Waals surface area (Å²) in [7, 11) is 6.14. The van der Waals surface area contributed by atoms with Crippen molar-refractivity contribution >= 4 is 23.4 Å². The molecule has 1 N–H and O–H groups in total. The number of nitrogens with one attached hydrogen (secondary N) is 1. The first-order valence-corrected chi connectivity index (χ1v) is 6.54. The molecular formula is C12H22ClN5. The second-order valence-corrected chi connectivity index (χ2v) is 4.88. The van der Waals surface area contributed by atoms with Gasteiger partial charge in [0.2, 0.25) is 5.95 Å². The molecule has 0 unspecified atom stereocenters. The van der Waals surface area contributed by atoms with Crippen molar-refractivity contribution in [2.24, 2.45) is 0 Å². The van der Waals surface area contributed by atoms with E-state index < -0.39 is 0 Å². The molecule has 0 aliphatic carbocycles. The third-order valence-corrected chi connectivity index (χ3v) is 2.79. The molecular weight excluding hydrogens is 250 g/mol. The molecule has 1 aromatic heterocycles. The molecule has 1 heterocycles. The molecule has 102 valence electrons. The molecule has 0 aliphatic heterocycles. The third kappa shape index (κ3) is 4.66. The number of nitrogens with zero attached hydrogens (tertiary/aromatic N) is 4. The molecule has 0 saturated carbocycles. The lowest BCUT2D eigenvalue weighted by Crippen LogP contribution is -2.24. The maximum Gasteiger partial charge on any atom is 0.224 e. The maximum absolute atomic E-state index is 6.13. The fourth-order valence-corrected chi connectivity index (χ4v) is 1.83. The van der Waals surface area contributed by atoms with Crippen LogP contribution in [0.1, 0.15) is 13.3 Å². The standard InChI is InChI=1S/C12H22ClN5/c1-5-14-12-15-9-10(13)11(16-12)18(4)8-6-7-17(2)3/h9H,5-8H2,1-4H3,(H,14,15,16). The summed E-state index contributed by atoms with van der Waals surface area (Å²) >= 11 is 6.13. The smallest absolute Gasteiger partial charge is 0.224 e. The van der Waals surface area contributed by atoms with Gasteiger partial charge in [-0.25, -0.2) is 4.98 Å². The van der Waals surface area contributed by atoms with E-state index in [9.17, 15) is 0 Å². The largest absolute Gasteiger partial charge is 0.358 e. The van der Waals surface area contributed by atoms with Gasteiger partial charge in [-0.2, -0.15) is 4.98 Å². The average molecular weight is 272 g/mol. The summed E-state index contributed by atoms with van der Waals surface area (Å²) in [4.78, 5) is 12.8. The van der Waals surface area contributed by atoms with Crippen molar-refractivity contribution in [1.82, 2.24) is 14.9 Å². The van der Waals surface area contributed by atoms with Gasteiger partial charge < -0.3 is 15.1 Å². The molecule has 0 aromatic carbocycles. The summed E-state index contributed by atoms with van der Waals surface area (Å²) in [5, 5.41) is 3.68. The number of aromatic nitrogens is 2. The van der Waals surface area contributed by atoms with Crippen LogP contribution < -0.4 is 10.2 Å². The monoisotopic (exact) mass is 271 g/mol. The fourth-order valence-electron chi connectivity index (χ4n) is 1.60. The van der Waals surface area contributed by atoms with Gasteiger partial charge in [0.15, 0.2) is 5.82 Å². The summed E-state index contributed by atoms with van der Waals surface area (Å²) in [6.45, 7) is 4.78. The Labute approximate surface area is 114 Å². The molecule has 6 heteroatoms. The molecule has 5 nitrogen and oxygen atoms in total. The van der Waals surface area contributed by atoms with Crippen molar-refractivity contribution < 1.29 is 0 Å². The summed E-state index contributed by atoms with van der Waals surface area (Å²) in [5.74, 6) is 1.40. The van der Waals surface area contributed by atoms with Crippen LogP contribution in [0, 0.1) is 0 Å². The molecule has 0 saturated heterocycles. The van der Waals surface area contributed by atoms with Gasteiger partial charge in [0.05, 0.1) is 6.20 Å². The number of halogens is 1. The zero-order chi connectivity index (χ0) is 13.5. The lowest BCUT2D eigenvalue weighted by Gasteiger charge is -2.20. The Morgan fingerprint density at radius 1 is 1.28 bits per heavy atom. The molecule has 0 fully saturated rings. The topological polar surface area (TPSA) is 44.3 Å². The molecule has 0 bridgehead atoms. The minimum atomic E-state index is 0.587. The Bertz CT molecular complexity index is 369. The Morgan fingerprint density at radius 3 is 2.61 bits per heavy atom. The highest BCUT2D eigenvalue weighted by Crippen LogP contribution is 2.22. The van der Waals surface area contributed by atoms with Crippen LogP contribution in [0.25, 0.3) is 0 Å². The Hall–Kier alpha value is -1.07. The van der Waals surface area contributed by atoms with E-state index in [2.05, 4.69) is 39.2 Å². The van der Waals surface area contributed by atoms with E-state index >= 15 is 0 Å². The Balaban J connectivity index is 2.65. The zero-order valence-electron chi connectivity index (χ0n) is 11.6. The van der Waals surface area contributed by atoms with Gasteiger partial charge in [0.1, 0.15) is 5.02 Å². The van der Waals surface area contributed by atoms with Gasteiger partial charge in [0, 0.05) is 20.1 Å². The summed E-state index contributed by atoms with van der Waals surface area (Å²) in [5.41, 5.74) is 0. The second kappa shape index (κ2) is 7.38. The van der Waals surface area contributed by atoms with Gasteiger partial charge in [-0.05, 0) is 34.0 Å². The van der Waals surface area contributed by atoms with Crippen LogP contribution in [-0.4, -0.2) is 55.6 Å². The summed E-state index contributed by atoms with van der Waals surface area (Å²) in [6, 6.07) is 0. The molecule has 0 radical (unpaired) electrons. The molecule has 0 aliphatic rings. The van der Waals surface area contributed by atoms with E-state index in [-0.39, 0.29) is 0 Å². The van der Waals surface area contributed by atoms with Crippen molar-refractivity contribution in [3.63, 3.8) is 0 Å². The van der Waals surface area contributed by atoms with Crippen LogP contribution in [0.4, 0.5) is 11.8 Å². The lowest BCUT2D eigenvalue weighted by atomic mass is 10.3. The highest BCUT2D eigenvalue weighted by atomic mass is 35.5. The summed E-state index contributed by atoms with van der Waals surface area (Å²) in [6.07, 6.45) is 2.71. The van der Waals surface area contributed by atoms with Crippen molar-refractivity contribution in [2.45, 2.75) is 13.3 Å².